The normalized spacial score (nSPS) is 19.6. The summed E-state index contributed by atoms with van der Waals surface area (Å²) < 4.78 is 5.33. The minimum Gasteiger partial charge on any atom is -0.468 e. The second-order valence-corrected chi connectivity index (χ2v) is 3.12. The summed E-state index contributed by atoms with van der Waals surface area (Å²) in [5.41, 5.74) is 2.85. The van der Waals surface area contributed by atoms with Crippen LogP contribution in [0.15, 0.2) is 15.8 Å². The van der Waals surface area contributed by atoms with Gasteiger partial charge in [-0.25, -0.2) is 0 Å². The van der Waals surface area contributed by atoms with Crippen LogP contribution in [0.4, 0.5) is 0 Å². The molecule has 0 aliphatic heterocycles. The maximum absolute atomic E-state index is 8.73. The molecule has 1 aliphatic rings. The van der Waals surface area contributed by atoms with E-state index in [-0.39, 0.29) is 0 Å². The monoisotopic (exact) mass is 165 g/mol. The fourth-order valence-corrected chi connectivity index (χ4v) is 1.71. The lowest BCUT2D eigenvalue weighted by atomic mass is 9.94. The van der Waals surface area contributed by atoms with E-state index in [1.807, 2.05) is 6.92 Å². The van der Waals surface area contributed by atoms with Crippen molar-refractivity contribution < 1.29 is 9.62 Å². The molecule has 0 saturated heterocycles. The van der Waals surface area contributed by atoms with Crippen molar-refractivity contribution in [2.45, 2.75) is 26.2 Å². The molecular formula is C9H11NO2. The summed E-state index contributed by atoms with van der Waals surface area (Å²) in [6, 6.07) is 0. The number of aryl methyl sites for hydroxylation is 2. The van der Waals surface area contributed by atoms with Crippen LogP contribution in [-0.4, -0.2) is 10.9 Å². The van der Waals surface area contributed by atoms with Crippen molar-refractivity contribution >= 4 is 5.71 Å². The van der Waals surface area contributed by atoms with Crippen LogP contribution in [0.25, 0.3) is 0 Å². The molecule has 0 fully saturated rings. The molecule has 1 N–H and O–H groups in total. The first kappa shape index (κ1) is 7.40. The Morgan fingerprint density at radius 3 is 3.08 bits per heavy atom. The molecule has 64 valence electrons. The van der Waals surface area contributed by atoms with E-state index in [0.717, 1.165) is 41.9 Å². The van der Waals surface area contributed by atoms with E-state index >= 15 is 0 Å². The van der Waals surface area contributed by atoms with Crippen LogP contribution in [-0.2, 0) is 6.42 Å². The smallest absolute Gasteiger partial charge is 0.113 e. The van der Waals surface area contributed by atoms with E-state index in [1.54, 1.807) is 6.26 Å². The van der Waals surface area contributed by atoms with Gasteiger partial charge in [0.1, 0.15) is 5.76 Å². The van der Waals surface area contributed by atoms with Crippen molar-refractivity contribution in [3.63, 3.8) is 0 Å². The minimum atomic E-state index is 0.766. The quantitative estimate of drug-likeness (QED) is 0.472. The Balaban J connectivity index is 2.55. The summed E-state index contributed by atoms with van der Waals surface area (Å²) in [6.07, 6.45) is 4.55. The van der Waals surface area contributed by atoms with Gasteiger partial charge in [0, 0.05) is 12.0 Å². The van der Waals surface area contributed by atoms with Gasteiger partial charge in [-0.3, -0.25) is 0 Å². The number of furan rings is 1. The molecule has 0 saturated carbocycles. The van der Waals surface area contributed by atoms with Gasteiger partial charge in [0.05, 0.1) is 12.0 Å². The number of hydrogen-bond acceptors (Lipinski definition) is 3. The fraction of sp³-hybridized carbons (Fsp3) is 0.444. The van der Waals surface area contributed by atoms with Gasteiger partial charge in [-0.1, -0.05) is 5.16 Å². The van der Waals surface area contributed by atoms with Gasteiger partial charge in [-0.15, -0.1) is 0 Å². The summed E-state index contributed by atoms with van der Waals surface area (Å²) in [5, 5.41) is 12.0. The topological polar surface area (TPSA) is 45.7 Å². The van der Waals surface area contributed by atoms with E-state index in [4.69, 9.17) is 9.62 Å². The molecule has 0 radical (unpaired) electrons. The predicted molar refractivity (Wildman–Crippen MR) is 44.7 cm³/mol. The Kier molecular flexibility index (Phi) is 1.64. The van der Waals surface area contributed by atoms with Gasteiger partial charge in [0.2, 0.25) is 0 Å². The van der Waals surface area contributed by atoms with Gasteiger partial charge in [0.15, 0.2) is 0 Å². The molecule has 3 nitrogen and oxygen atoms in total. The Labute approximate surface area is 70.7 Å². The third kappa shape index (κ3) is 0.932. The average Bonchev–Trinajstić information content (AvgIpc) is 2.48. The van der Waals surface area contributed by atoms with Crippen LogP contribution in [0.1, 0.15) is 29.7 Å². The summed E-state index contributed by atoms with van der Waals surface area (Å²) in [6.45, 7) is 1.97. The maximum atomic E-state index is 8.73. The minimum absolute atomic E-state index is 0.766. The van der Waals surface area contributed by atoms with E-state index in [9.17, 15) is 0 Å². The fourth-order valence-electron chi connectivity index (χ4n) is 1.71. The first-order chi connectivity index (χ1) is 5.83. The van der Waals surface area contributed by atoms with Crippen molar-refractivity contribution in [2.75, 3.05) is 0 Å². The zero-order valence-electron chi connectivity index (χ0n) is 7.00. The van der Waals surface area contributed by atoms with Crippen LogP contribution in [0.3, 0.4) is 0 Å². The Morgan fingerprint density at radius 1 is 1.50 bits per heavy atom. The highest BCUT2D eigenvalue weighted by molar-refractivity contribution is 6.03. The lowest BCUT2D eigenvalue weighted by Crippen LogP contribution is -2.10. The zero-order chi connectivity index (χ0) is 8.55. The lowest BCUT2D eigenvalue weighted by molar-refractivity contribution is 0.317. The highest BCUT2D eigenvalue weighted by Crippen LogP contribution is 2.25. The van der Waals surface area contributed by atoms with E-state index in [0.29, 0.717) is 0 Å². The molecule has 0 atom stereocenters. The van der Waals surface area contributed by atoms with Gasteiger partial charge in [-0.05, 0) is 25.3 Å². The predicted octanol–water partition coefficient (Wildman–Crippen LogP) is 2.10. The van der Waals surface area contributed by atoms with Crippen LogP contribution in [0, 0.1) is 6.92 Å². The summed E-state index contributed by atoms with van der Waals surface area (Å²) in [5.74, 6) is 0.964. The molecule has 0 amide bonds. The van der Waals surface area contributed by atoms with Gasteiger partial charge in [-0.2, -0.15) is 0 Å². The number of rotatable bonds is 0. The molecule has 1 aliphatic carbocycles. The highest BCUT2D eigenvalue weighted by Gasteiger charge is 2.21. The van der Waals surface area contributed by atoms with Gasteiger partial charge < -0.3 is 9.62 Å². The number of oxime groups is 1. The molecular weight excluding hydrogens is 154 g/mol. The number of nitrogens with zero attached hydrogens (tertiary/aromatic N) is 1. The first-order valence-electron chi connectivity index (χ1n) is 4.11. The average molecular weight is 165 g/mol. The third-order valence-corrected chi connectivity index (χ3v) is 2.28. The van der Waals surface area contributed by atoms with Crippen molar-refractivity contribution in [3.05, 3.63) is 23.2 Å². The molecule has 1 heterocycles. The molecule has 0 aromatic carbocycles. The molecule has 0 unspecified atom stereocenters. The van der Waals surface area contributed by atoms with Crippen molar-refractivity contribution in [1.29, 1.82) is 0 Å². The van der Waals surface area contributed by atoms with E-state index in [1.165, 1.54) is 0 Å². The standard InChI is InChI=1S/C9H11NO2/c1-6-5-12-8-4-2-3-7(10-11)9(6)8/h5,11H,2-4H2,1H3. The van der Waals surface area contributed by atoms with Crippen molar-refractivity contribution in [1.82, 2.24) is 0 Å². The van der Waals surface area contributed by atoms with Crippen LogP contribution >= 0.6 is 0 Å². The van der Waals surface area contributed by atoms with E-state index in [2.05, 4.69) is 5.16 Å². The largest absolute Gasteiger partial charge is 0.468 e. The Morgan fingerprint density at radius 2 is 2.33 bits per heavy atom. The number of hydrogen-bond donors (Lipinski definition) is 1. The molecule has 0 spiro atoms. The zero-order valence-corrected chi connectivity index (χ0v) is 7.00. The van der Waals surface area contributed by atoms with Crippen LogP contribution < -0.4 is 0 Å². The number of fused-ring (bicyclic) bond motifs is 1. The molecule has 1 aromatic rings. The van der Waals surface area contributed by atoms with Crippen LogP contribution in [0.2, 0.25) is 0 Å². The molecule has 12 heavy (non-hydrogen) atoms. The van der Waals surface area contributed by atoms with Crippen LogP contribution in [0.5, 0.6) is 0 Å². The molecule has 1 aromatic heterocycles. The van der Waals surface area contributed by atoms with E-state index < -0.39 is 0 Å². The van der Waals surface area contributed by atoms with Gasteiger partial charge in [0.25, 0.3) is 0 Å². The Hall–Kier alpha value is -1.25. The lowest BCUT2D eigenvalue weighted by Gasteiger charge is -2.11. The highest BCUT2D eigenvalue weighted by atomic mass is 16.4. The second-order valence-electron chi connectivity index (χ2n) is 3.12. The third-order valence-electron chi connectivity index (χ3n) is 2.28. The summed E-state index contributed by atoms with van der Waals surface area (Å²) in [7, 11) is 0. The SMILES string of the molecule is Cc1coc2c1C(=NO)CCC2. The maximum Gasteiger partial charge on any atom is 0.113 e. The van der Waals surface area contributed by atoms with Gasteiger partial charge >= 0.3 is 0 Å². The first-order valence-corrected chi connectivity index (χ1v) is 4.11. The molecule has 3 heteroatoms. The van der Waals surface area contributed by atoms with Crippen molar-refractivity contribution in [3.8, 4) is 0 Å². The molecule has 2 rings (SSSR count). The Bertz CT molecular complexity index is 325. The van der Waals surface area contributed by atoms with Crippen molar-refractivity contribution in [2.24, 2.45) is 5.16 Å². The summed E-state index contributed by atoms with van der Waals surface area (Å²) >= 11 is 0. The summed E-state index contributed by atoms with van der Waals surface area (Å²) in [4.78, 5) is 0. The molecule has 0 bridgehead atoms. The second kappa shape index (κ2) is 2.66.